The molecule has 1 saturated heterocycles. The molecule has 1 fully saturated rings. The summed E-state index contributed by atoms with van der Waals surface area (Å²) in [4.78, 5) is 29.9. The van der Waals surface area contributed by atoms with Gasteiger partial charge in [0.05, 0.1) is 13.0 Å². The standard InChI is InChI=1S/C27H28N2O3/c1-32-25-14-12-24(13-15-25)29-20-23(18-26(29)30)27(31)28(19-22-10-6-3-7-11-22)17-16-21-8-4-2-5-9-21/h2-15,23H,16-20H2,1H3/t23-/m0/s1. The third-order valence-electron chi connectivity index (χ3n) is 5.90. The van der Waals surface area contributed by atoms with E-state index in [1.54, 1.807) is 12.0 Å². The van der Waals surface area contributed by atoms with E-state index in [0.29, 0.717) is 19.6 Å². The van der Waals surface area contributed by atoms with Gasteiger partial charge in [0.25, 0.3) is 0 Å². The van der Waals surface area contributed by atoms with Gasteiger partial charge in [-0.25, -0.2) is 0 Å². The van der Waals surface area contributed by atoms with Crippen LogP contribution in [0.15, 0.2) is 84.9 Å². The first-order chi connectivity index (χ1) is 15.6. The number of nitrogens with zero attached hydrogens (tertiary/aromatic N) is 2. The number of anilines is 1. The predicted molar refractivity (Wildman–Crippen MR) is 125 cm³/mol. The molecule has 5 nitrogen and oxygen atoms in total. The van der Waals surface area contributed by atoms with Gasteiger partial charge in [-0.05, 0) is 41.8 Å². The largest absolute Gasteiger partial charge is 0.497 e. The van der Waals surface area contributed by atoms with Gasteiger partial charge in [0.1, 0.15) is 5.75 Å². The van der Waals surface area contributed by atoms with E-state index in [1.807, 2.05) is 77.7 Å². The second kappa shape index (κ2) is 10.1. The maximum Gasteiger partial charge on any atom is 0.228 e. The zero-order chi connectivity index (χ0) is 22.3. The monoisotopic (exact) mass is 428 g/mol. The molecule has 2 amide bonds. The fourth-order valence-corrected chi connectivity index (χ4v) is 4.12. The number of hydrogen-bond donors (Lipinski definition) is 0. The van der Waals surface area contributed by atoms with Crippen LogP contribution in [-0.2, 0) is 22.6 Å². The molecule has 0 aliphatic carbocycles. The quantitative estimate of drug-likeness (QED) is 0.537. The smallest absolute Gasteiger partial charge is 0.228 e. The van der Waals surface area contributed by atoms with Crippen molar-refractivity contribution in [2.75, 3.05) is 25.1 Å². The van der Waals surface area contributed by atoms with Crippen molar-refractivity contribution in [1.29, 1.82) is 0 Å². The van der Waals surface area contributed by atoms with Gasteiger partial charge < -0.3 is 14.5 Å². The summed E-state index contributed by atoms with van der Waals surface area (Å²) in [6.45, 7) is 1.56. The van der Waals surface area contributed by atoms with Gasteiger partial charge >= 0.3 is 0 Å². The molecule has 1 heterocycles. The number of rotatable bonds is 8. The first-order valence-electron chi connectivity index (χ1n) is 10.9. The average Bonchev–Trinajstić information content (AvgIpc) is 3.24. The normalized spacial score (nSPS) is 15.6. The second-order valence-corrected chi connectivity index (χ2v) is 8.08. The summed E-state index contributed by atoms with van der Waals surface area (Å²) in [6, 6.07) is 27.6. The molecule has 0 spiro atoms. The Hall–Kier alpha value is -3.60. The highest BCUT2D eigenvalue weighted by atomic mass is 16.5. The molecule has 164 valence electrons. The summed E-state index contributed by atoms with van der Waals surface area (Å²) in [7, 11) is 1.61. The molecular weight excluding hydrogens is 400 g/mol. The maximum absolute atomic E-state index is 13.5. The highest BCUT2D eigenvalue weighted by Crippen LogP contribution is 2.28. The van der Waals surface area contributed by atoms with Crippen molar-refractivity contribution in [2.24, 2.45) is 5.92 Å². The number of ether oxygens (including phenoxy) is 1. The topological polar surface area (TPSA) is 49.9 Å². The van der Waals surface area contributed by atoms with Crippen molar-refractivity contribution in [3.63, 3.8) is 0 Å². The lowest BCUT2D eigenvalue weighted by molar-refractivity contribution is -0.136. The third-order valence-corrected chi connectivity index (χ3v) is 5.90. The number of amides is 2. The molecular formula is C27H28N2O3. The molecule has 1 aliphatic heterocycles. The van der Waals surface area contributed by atoms with Gasteiger partial charge in [0, 0.05) is 31.7 Å². The maximum atomic E-state index is 13.5. The van der Waals surface area contributed by atoms with Gasteiger partial charge in [-0.3, -0.25) is 9.59 Å². The van der Waals surface area contributed by atoms with Crippen LogP contribution in [0.1, 0.15) is 17.5 Å². The third kappa shape index (κ3) is 5.17. The van der Waals surface area contributed by atoms with Crippen molar-refractivity contribution in [3.05, 3.63) is 96.1 Å². The minimum Gasteiger partial charge on any atom is -0.497 e. The number of benzene rings is 3. The summed E-state index contributed by atoms with van der Waals surface area (Å²) < 4.78 is 5.21. The van der Waals surface area contributed by atoms with Crippen LogP contribution in [0.4, 0.5) is 5.69 Å². The lowest BCUT2D eigenvalue weighted by Crippen LogP contribution is -2.38. The first-order valence-corrected chi connectivity index (χ1v) is 10.9. The van der Waals surface area contributed by atoms with Gasteiger partial charge in [-0.15, -0.1) is 0 Å². The molecule has 0 bridgehead atoms. The van der Waals surface area contributed by atoms with E-state index in [-0.39, 0.29) is 24.2 Å². The molecule has 0 radical (unpaired) electrons. The number of methoxy groups -OCH3 is 1. The van der Waals surface area contributed by atoms with E-state index < -0.39 is 0 Å². The lowest BCUT2D eigenvalue weighted by atomic mass is 10.1. The summed E-state index contributed by atoms with van der Waals surface area (Å²) in [5, 5.41) is 0. The van der Waals surface area contributed by atoms with E-state index in [1.165, 1.54) is 5.56 Å². The molecule has 0 N–H and O–H groups in total. The molecule has 4 rings (SSSR count). The fourth-order valence-electron chi connectivity index (χ4n) is 4.12. The van der Waals surface area contributed by atoms with E-state index in [4.69, 9.17) is 4.74 Å². The number of carbonyl (C=O) groups is 2. The summed E-state index contributed by atoms with van der Waals surface area (Å²) in [6.07, 6.45) is 1.02. The molecule has 1 atom stereocenters. The Labute approximate surface area is 189 Å². The minimum atomic E-state index is -0.343. The van der Waals surface area contributed by atoms with E-state index >= 15 is 0 Å². The summed E-state index contributed by atoms with van der Waals surface area (Å²) in [5.74, 6) is 0.414. The zero-order valence-electron chi connectivity index (χ0n) is 18.3. The van der Waals surface area contributed by atoms with E-state index in [2.05, 4.69) is 12.1 Å². The van der Waals surface area contributed by atoms with Crippen LogP contribution in [0.25, 0.3) is 0 Å². The second-order valence-electron chi connectivity index (χ2n) is 8.08. The SMILES string of the molecule is COc1ccc(N2C[C@@H](C(=O)N(CCc3ccccc3)Cc3ccccc3)CC2=O)cc1. The van der Waals surface area contributed by atoms with Gasteiger partial charge in [-0.1, -0.05) is 60.7 Å². The zero-order valence-corrected chi connectivity index (χ0v) is 18.3. The molecule has 0 unspecified atom stereocenters. The predicted octanol–water partition coefficient (Wildman–Crippen LogP) is 4.32. The Kier molecular flexibility index (Phi) is 6.85. The average molecular weight is 429 g/mol. The van der Waals surface area contributed by atoms with Crippen LogP contribution in [0.2, 0.25) is 0 Å². The molecule has 0 aromatic heterocycles. The van der Waals surface area contributed by atoms with Crippen molar-refractivity contribution < 1.29 is 14.3 Å². The summed E-state index contributed by atoms with van der Waals surface area (Å²) in [5.41, 5.74) is 3.08. The Morgan fingerprint density at radius 3 is 2.19 bits per heavy atom. The highest BCUT2D eigenvalue weighted by Gasteiger charge is 2.37. The van der Waals surface area contributed by atoms with Crippen LogP contribution in [0, 0.1) is 5.92 Å². The van der Waals surface area contributed by atoms with Crippen LogP contribution in [0.3, 0.4) is 0 Å². The van der Waals surface area contributed by atoms with Crippen molar-refractivity contribution in [1.82, 2.24) is 4.90 Å². The fraction of sp³-hybridized carbons (Fsp3) is 0.259. The molecule has 3 aromatic rings. The van der Waals surface area contributed by atoms with Crippen LogP contribution < -0.4 is 9.64 Å². The molecule has 32 heavy (non-hydrogen) atoms. The minimum absolute atomic E-state index is 0.0174. The molecule has 0 saturated carbocycles. The molecule has 1 aliphatic rings. The summed E-state index contributed by atoms with van der Waals surface area (Å²) >= 11 is 0. The van der Waals surface area contributed by atoms with E-state index in [9.17, 15) is 9.59 Å². The Morgan fingerprint density at radius 2 is 1.56 bits per heavy atom. The Bertz CT molecular complexity index is 1040. The van der Waals surface area contributed by atoms with Gasteiger partial charge in [-0.2, -0.15) is 0 Å². The molecule has 5 heteroatoms. The number of carbonyl (C=O) groups excluding carboxylic acids is 2. The first kappa shape index (κ1) is 21.6. The highest BCUT2D eigenvalue weighted by molar-refractivity contribution is 6.00. The van der Waals surface area contributed by atoms with Crippen LogP contribution in [-0.4, -0.2) is 36.9 Å². The van der Waals surface area contributed by atoms with Crippen LogP contribution >= 0.6 is 0 Å². The van der Waals surface area contributed by atoms with E-state index in [0.717, 1.165) is 23.4 Å². The van der Waals surface area contributed by atoms with Crippen LogP contribution in [0.5, 0.6) is 5.75 Å². The van der Waals surface area contributed by atoms with Crippen molar-refractivity contribution >= 4 is 17.5 Å². The van der Waals surface area contributed by atoms with Gasteiger partial charge in [0.2, 0.25) is 11.8 Å². The Balaban J connectivity index is 1.48. The van der Waals surface area contributed by atoms with Crippen molar-refractivity contribution in [3.8, 4) is 5.75 Å². The van der Waals surface area contributed by atoms with Gasteiger partial charge in [0.15, 0.2) is 0 Å². The van der Waals surface area contributed by atoms with Crippen molar-refractivity contribution in [2.45, 2.75) is 19.4 Å². The molecule has 3 aromatic carbocycles. The number of hydrogen-bond acceptors (Lipinski definition) is 3. The lowest BCUT2D eigenvalue weighted by Gasteiger charge is -2.26. The Morgan fingerprint density at radius 1 is 0.938 bits per heavy atom.